The van der Waals surface area contributed by atoms with E-state index >= 15 is 0 Å². The van der Waals surface area contributed by atoms with Gasteiger partial charge in [-0.3, -0.25) is 0 Å². The van der Waals surface area contributed by atoms with Crippen LogP contribution in [0.3, 0.4) is 0 Å². The number of rotatable bonds is 5. The van der Waals surface area contributed by atoms with Crippen LogP contribution in [0.5, 0.6) is 5.75 Å². The summed E-state index contributed by atoms with van der Waals surface area (Å²) in [6.45, 7) is 2.94. The largest absolute Gasteiger partial charge is 0.508 e. The second-order valence-corrected chi connectivity index (χ2v) is 4.91. The number of nitrogens with one attached hydrogen (secondary N) is 1. The van der Waals surface area contributed by atoms with Gasteiger partial charge in [-0.1, -0.05) is 6.07 Å². The summed E-state index contributed by atoms with van der Waals surface area (Å²) in [6, 6.07) is 11.3. The Hall–Kier alpha value is -1.68. The molecule has 0 bridgehead atoms. The summed E-state index contributed by atoms with van der Waals surface area (Å²) in [5.74, 6) is 2.09. The molecule has 3 nitrogen and oxygen atoms in total. The molecule has 2 rings (SSSR count). The Morgan fingerprint density at radius 3 is 2.56 bits per heavy atom. The predicted octanol–water partition coefficient (Wildman–Crippen LogP) is 3.51. The molecule has 4 heteroatoms. The van der Waals surface area contributed by atoms with Crippen molar-refractivity contribution in [2.75, 3.05) is 11.9 Å². The summed E-state index contributed by atoms with van der Waals surface area (Å²) >= 11 is 1.73. The molecule has 0 amide bonds. The zero-order chi connectivity index (χ0) is 12.8. The molecule has 0 radical (unpaired) electrons. The number of hydrogen-bond donors (Lipinski definition) is 2. The molecule has 1 heterocycles. The Bertz CT molecular complexity index is 482. The van der Waals surface area contributed by atoms with E-state index in [1.165, 1.54) is 5.56 Å². The number of thioether (sulfide) groups is 1. The summed E-state index contributed by atoms with van der Waals surface area (Å²) in [5, 5.41) is 12.4. The SMILES string of the molecule is CCNc1ccc(CSc2ccc(O)cc2)cn1. The average molecular weight is 260 g/mol. The molecule has 0 fully saturated rings. The molecule has 0 aliphatic carbocycles. The summed E-state index contributed by atoms with van der Waals surface area (Å²) < 4.78 is 0. The number of nitrogens with zero attached hydrogens (tertiary/aromatic N) is 1. The first-order valence-electron chi connectivity index (χ1n) is 5.88. The Kier molecular flexibility index (Phi) is 4.47. The summed E-state index contributed by atoms with van der Waals surface area (Å²) in [6.07, 6.45) is 1.89. The maximum Gasteiger partial charge on any atom is 0.125 e. The van der Waals surface area contributed by atoms with Gasteiger partial charge >= 0.3 is 0 Å². The Labute approximate surface area is 111 Å². The van der Waals surface area contributed by atoms with Gasteiger partial charge in [0.1, 0.15) is 11.6 Å². The van der Waals surface area contributed by atoms with E-state index in [0.717, 1.165) is 23.0 Å². The van der Waals surface area contributed by atoms with Gasteiger partial charge in [0.2, 0.25) is 0 Å². The molecule has 1 aromatic carbocycles. The standard InChI is InChI=1S/C14H16N2OS/c1-2-15-14-8-3-11(9-16-14)10-18-13-6-4-12(17)5-7-13/h3-9,17H,2,10H2,1H3,(H,15,16). The maximum absolute atomic E-state index is 9.20. The van der Waals surface area contributed by atoms with Gasteiger partial charge in [0.25, 0.3) is 0 Å². The van der Waals surface area contributed by atoms with Gasteiger partial charge in [-0.15, -0.1) is 11.8 Å². The first kappa shape index (κ1) is 12.8. The molecule has 0 saturated heterocycles. The molecule has 0 spiro atoms. The molecule has 0 unspecified atom stereocenters. The lowest BCUT2D eigenvalue weighted by Gasteiger charge is -2.04. The van der Waals surface area contributed by atoms with E-state index in [4.69, 9.17) is 0 Å². The third-order valence-corrected chi connectivity index (χ3v) is 3.51. The van der Waals surface area contributed by atoms with Crippen LogP contribution >= 0.6 is 11.8 Å². The molecule has 0 aliphatic rings. The van der Waals surface area contributed by atoms with Crippen molar-refractivity contribution in [3.05, 3.63) is 48.2 Å². The van der Waals surface area contributed by atoms with Crippen LogP contribution in [0.25, 0.3) is 0 Å². The number of phenolic OH excluding ortho intramolecular Hbond substituents is 1. The number of aromatic hydroxyl groups is 1. The Morgan fingerprint density at radius 2 is 1.94 bits per heavy atom. The third-order valence-electron chi connectivity index (χ3n) is 2.42. The first-order valence-corrected chi connectivity index (χ1v) is 6.87. The fraction of sp³-hybridized carbons (Fsp3) is 0.214. The van der Waals surface area contributed by atoms with Crippen LogP contribution in [0.15, 0.2) is 47.5 Å². The highest BCUT2D eigenvalue weighted by Crippen LogP contribution is 2.24. The minimum absolute atomic E-state index is 0.302. The van der Waals surface area contributed by atoms with E-state index in [1.807, 2.05) is 24.4 Å². The van der Waals surface area contributed by atoms with Crippen molar-refractivity contribution in [1.82, 2.24) is 4.98 Å². The second-order valence-electron chi connectivity index (χ2n) is 3.86. The van der Waals surface area contributed by atoms with Gasteiger partial charge in [0.05, 0.1) is 0 Å². The highest BCUT2D eigenvalue weighted by Gasteiger charge is 1.98. The topological polar surface area (TPSA) is 45.1 Å². The van der Waals surface area contributed by atoms with E-state index in [0.29, 0.717) is 5.75 Å². The fourth-order valence-corrected chi connectivity index (χ4v) is 2.34. The van der Waals surface area contributed by atoms with Crippen LogP contribution in [-0.4, -0.2) is 16.6 Å². The van der Waals surface area contributed by atoms with Gasteiger partial charge in [-0.05, 0) is 42.8 Å². The number of pyridine rings is 1. The van der Waals surface area contributed by atoms with Gasteiger partial charge in [-0.25, -0.2) is 4.98 Å². The van der Waals surface area contributed by atoms with E-state index in [1.54, 1.807) is 23.9 Å². The first-order chi connectivity index (χ1) is 8.78. The monoisotopic (exact) mass is 260 g/mol. The number of benzene rings is 1. The number of hydrogen-bond acceptors (Lipinski definition) is 4. The van der Waals surface area contributed by atoms with Crippen LogP contribution < -0.4 is 5.32 Å². The van der Waals surface area contributed by atoms with E-state index < -0.39 is 0 Å². The Morgan fingerprint density at radius 1 is 1.17 bits per heavy atom. The molecule has 2 aromatic rings. The molecule has 0 aliphatic heterocycles. The van der Waals surface area contributed by atoms with Crippen molar-refractivity contribution in [3.63, 3.8) is 0 Å². The van der Waals surface area contributed by atoms with Crippen LogP contribution in [0.2, 0.25) is 0 Å². The normalized spacial score (nSPS) is 10.3. The van der Waals surface area contributed by atoms with Crippen molar-refractivity contribution in [2.45, 2.75) is 17.6 Å². The third kappa shape index (κ3) is 3.67. The number of aromatic nitrogens is 1. The molecule has 2 N–H and O–H groups in total. The van der Waals surface area contributed by atoms with Crippen LogP contribution in [0, 0.1) is 0 Å². The minimum atomic E-state index is 0.302. The molecule has 0 atom stereocenters. The second kappa shape index (κ2) is 6.31. The lowest BCUT2D eigenvalue weighted by molar-refractivity contribution is 0.475. The lowest BCUT2D eigenvalue weighted by atomic mass is 10.3. The van der Waals surface area contributed by atoms with Crippen molar-refractivity contribution >= 4 is 17.6 Å². The van der Waals surface area contributed by atoms with Gasteiger partial charge < -0.3 is 10.4 Å². The highest BCUT2D eigenvalue weighted by atomic mass is 32.2. The number of phenols is 1. The fourth-order valence-electron chi connectivity index (χ4n) is 1.50. The zero-order valence-electron chi connectivity index (χ0n) is 10.3. The van der Waals surface area contributed by atoms with Gasteiger partial charge in [-0.2, -0.15) is 0 Å². The molecular weight excluding hydrogens is 244 g/mol. The van der Waals surface area contributed by atoms with E-state index in [9.17, 15) is 5.11 Å². The molecule has 0 saturated carbocycles. The maximum atomic E-state index is 9.20. The van der Waals surface area contributed by atoms with Gasteiger partial charge in [0, 0.05) is 23.4 Å². The van der Waals surface area contributed by atoms with Crippen LogP contribution in [-0.2, 0) is 5.75 Å². The summed E-state index contributed by atoms with van der Waals surface area (Å²) in [5.41, 5.74) is 1.19. The van der Waals surface area contributed by atoms with Crippen LogP contribution in [0.1, 0.15) is 12.5 Å². The zero-order valence-corrected chi connectivity index (χ0v) is 11.1. The minimum Gasteiger partial charge on any atom is -0.508 e. The van der Waals surface area contributed by atoms with Crippen LogP contribution in [0.4, 0.5) is 5.82 Å². The van der Waals surface area contributed by atoms with Crippen molar-refractivity contribution in [1.29, 1.82) is 0 Å². The molecular formula is C14H16N2OS. The summed E-state index contributed by atoms with van der Waals surface area (Å²) in [4.78, 5) is 5.47. The average Bonchev–Trinajstić information content (AvgIpc) is 2.40. The van der Waals surface area contributed by atoms with Crippen molar-refractivity contribution in [3.8, 4) is 5.75 Å². The van der Waals surface area contributed by atoms with Crippen molar-refractivity contribution < 1.29 is 5.11 Å². The van der Waals surface area contributed by atoms with E-state index in [2.05, 4.69) is 23.3 Å². The number of anilines is 1. The molecule has 94 valence electrons. The predicted molar refractivity (Wildman–Crippen MR) is 76.1 cm³/mol. The smallest absolute Gasteiger partial charge is 0.125 e. The lowest BCUT2D eigenvalue weighted by Crippen LogP contribution is -1.98. The van der Waals surface area contributed by atoms with Crippen molar-refractivity contribution in [2.24, 2.45) is 0 Å². The van der Waals surface area contributed by atoms with E-state index in [-0.39, 0.29) is 0 Å². The quantitative estimate of drug-likeness (QED) is 0.807. The Balaban J connectivity index is 1.91. The molecule has 18 heavy (non-hydrogen) atoms. The molecule has 1 aromatic heterocycles. The van der Waals surface area contributed by atoms with Gasteiger partial charge in [0.15, 0.2) is 0 Å². The summed E-state index contributed by atoms with van der Waals surface area (Å²) in [7, 11) is 0. The highest BCUT2D eigenvalue weighted by molar-refractivity contribution is 7.98.